The number of sulfonamides is 1. The Morgan fingerprint density at radius 3 is 2.48 bits per heavy atom. The van der Waals surface area contributed by atoms with Crippen molar-refractivity contribution in [1.29, 1.82) is 5.26 Å². The fourth-order valence-electron chi connectivity index (χ4n) is 2.29. The van der Waals surface area contributed by atoms with Crippen molar-refractivity contribution in [1.82, 2.24) is 9.21 Å². The number of nitrogens with zero attached hydrogens (tertiary/aromatic N) is 3. The van der Waals surface area contributed by atoms with Crippen LogP contribution in [0, 0.1) is 17.1 Å². The van der Waals surface area contributed by atoms with E-state index in [1.807, 2.05) is 19.0 Å². The zero-order chi connectivity index (χ0) is 16.2. The Bertz CT molecular complexity index is 638. The first kappa shape index (κ1) is 17.6. The first-order valence-electron chi connectivity index (χ1n) is 6.60. The molecule has 0 aliphatic heterocycles. The number of likely N-dealkylation sites (N-methyl/N-ethyl adjacent to an activating group) is 2. The summed E-state index contributed by atoms with van der Waals surface area (Å²) in [5.41, 5.74) is -0.437. The summed E-state index contributed by atoms with van der Waals surface area (Å²) in [6.45, 7) is 4.28. The molecule has 116 valence electrons. The third kappa shape index (κ3) is 3.79. The Morgan fingerprint density at radius 2 is 2.00 bits per heavy atom. The van der Waals surface area contributed by atoms with Crippen molar-refractivity contribution in [2.45, 2.75) is 24.8 Å². The summed E-state index contributed by atoms with van der Waals surface area (Å²) >= 11 is 0. The van der Waals surface area contributed by atoms with E-state index in [9.17, 15) is 12.8 Å². The second kappa shape index (κ2) is 6.98. The van der Waals surface area contributed by atoms with Crippen LogP contribution < -0.4 is 0 Å². The molecule has 1 rings (SSSR count). The summed E-state index contributed by atoms with van der Waals surface area (Å²) in [7, 11) is -0.223. The lowest BCUT2D eigenvalue weighted by atomic mass is 10.2. The second-order valence-electron chi connectivity index (χ2n) is 5.04. The lowest BCUT2D eigenvalue weighted by Gasteiger charge is -2.29. The van der Waals surface area contributed by atoms with E-state index in [1.165, 1.54) is 16.4 Å². The van der Waals surface area contributed by atoms with Crippen molar-refractivity contribution < 1.29 is 12.8 Å². The van der Waals surface area contributed by atoms with Gasteiger partial charge in [0.25, 0.3) is 0 Å². The minimum atomic E-state index is -3.92. The van der Waals surface area contributed by atoms with Gasteiger partial charge in [0.2, 0.25) is 10.0 Å². The minimum Gasteiger partial charge on any atom is -0.308 e. The van der Waals surface area contributed by atoms with Gasteiger partial charge in [-0.15, -0.1) is 0 Å². The van der Waals surface area contributed by atoms with Crippen molar-refractivity contribution in [3.63, 3.8) is 0 Å². The zero-order valence-electron chi connectivity index (χ0n) is 12.7. The molecule has 0 radical (unpaired) electrons. The van der Waals surface area contributed by atoms with E-state index < -0.39 is 21.4 Å². The van der Waals surface area contributed by atoms with Gasteiger partial charge < -0.3 is 4.90 Å². The molecule has 21 heavy (non-hydrogen) atoms. The first-order valence-corrected chi connectivity index (χ1v) is 8.04. The molecule has 0 heterocycles. The van der Waals surface area contributed by atoms with E-state index in [2.05, 4.69) is 0 Å². The molecule has 0 bridgehead atoms. The Hall–Kier alpha value is -1.49. The van der Waals surface area contributed by atoms with Crippen LogP contribution in [-0.2, 0) is 10.0 Å². The highest BCUT2D eigenvalue weighted by Gasteiger charge is 2.31. The molecule has 0 saturated heterocycles. The van der Waals surface area contributed by atoms with Crippen LogP contribution in [-0.4, -0.2) is 50.8 Å². The summed E-state index contributed by atoms with van der Waals surface area (Å²) in [4.78, 5) is 1.59. The average molecular weight is 313 g/mol. The predicted molar refractivity (Wildman–Crippen MR) is 78.7 cm³/mol. The predicted octanol–water partition coefficient (Wildman–Crippen LogP) is 1.66. The monoisotopic (exact) mass is 313 g/mol. The number of hydrogen-bond acceptors (Lipinski definition) is 4. The Morgan fingerprint density at radius 1 is 1.38 bits per heavy atom. The van der Waals surface area contributed by atoms with E-state index in [-0.39, 0.29) is 17.5 Å². The highest BCUT2D eigenvalue weighted by Crippen LogP contribution is 2.23. The van der Waals surface area contributed by atoms with Gasteiger partial charge in [-0.3, -0.25) is 0 Å². The molecule has 1 atom stereocenters. The highest BCUT2D eigenvalue weighted by atomic mass is 32.2. The molecule has 0 saturated carbocycles. The fourth-order valence-corrected chi connectivity index (χ4v) is 4.08. The van der Waals surface area contributed by atoms with Crippen molar-refractivity contribution in [2.24, 2.45) is 0 Å². The molecule has 0 amide bonds. The fraction of sp³-hybridized carbons (Fsp3) is 0.500. The SMILES string of the molecule is CCN(C(C)CN(C)C)S(=O)(=O)c1cccc(F)c1C#N. The van der Waals surface area contributed by atoms with Crippen molar-refractivity contribution in [3.8, 4) is 6.07 Å². The lowest BCUT2D eigenvalue weighted by molar-refractivity contribution is 0.271. The van der Waals surface area contributed by atoms with Gasteiger partial charge >= 0.3 is 0 Å². The molecule has 0 N–H and O–H groups in total. The third-order valence-corrected chi connectivity index (χ3v) is 5.24. The van der Waals surface area contributed by atoms with E-state index >= 15 is 0 Å². The van der Waals surface area contributed by atoms with E-state index in [1.54, 1.807) is 19.9 Å². The van der Waals surface area contributed by atoms with Crippen LogP contribution >= 0.6 is 0 Å². The quantitative estimate of drug-likeness (QED) is 0.801. The summed E-state index contributed by atoms with van der Waals surface area (Å²) < 4.78 is 40.3. The van der Waals surface area contributed by atoms with Crippen LogP contribution in [0.2, 0.25) is 0 Å². The van der Waals surface area contributed by atoms with Gasteiger partial charge in [0.15, 0.2) is 0 Å². The number of hydrogen-bond donors (Lipinski definition) is 0. The molecular weight excluding hydrogens is 293 g/mol. The molecular formula is C14H20FN3O2S. The zero-order valence-corrected chi connectivity index (χ0v) is 13.5. The number of benzene rings is 1. The molecule has 1 aromatic rings. The topological polar surface area (TPSA) is 64.4 Å². The molecule has 5 nitrogen and oxygen atoms in total. The molecule has 0 fully saturated rings. The normalized spacial score (nSPS) is 13.4. The van der Waals surface area contributed by atoms with Crippen LogP contribution in [0.4, 0.5) is 4.39 Å². The average Bonchev–Trinajstić information content (AvgIpc) is 2.37. The van der Waals surface area contributed by atoms with Crippen LogP contribution in [0.25, 0.3) is 0 Å². The minimum absolute atomic E-state index is 0.249. The molecule has 1 unspecified atom stereocenters. The van der Waals surface area contributed by atoms with Crippen LogP contribution in [0.5, 0.6) is 0 Å². The van der Waals surface area contributed by atoms with Gasteiger partial charge in [0.1, 0.15) is 22.3 Å². The summed E-state index contributed by atoms with van der Waals surface area (Å²) in [6.07, 6.45) is 0. The van der Waals surface area contributed by atoms with Gasteiger partial charge in [-0.1, -0.05) is 13.0 Å². The summed E-state index contributed by atoms with van der Waals surface area (Å²) in [5.74, 6) is -0.824. The third-order valence-electron chi connectivity index (χ3n) is 3.11. The largest absolute Gasteiger partial charge is 0.308 e. The molecule has 0 spiro atoms. The maximum atomic E-state index is 13.6. The number of halogens is 1. The maximum Gasteiger partial charge on any atom is 0.244 e. The molecule has 0 aromatic heterocycles. The Kier molecular flexibility index (Phi) is 5.84. The number of rotatable bonds is 6. The van der Waals surface area contributed by atoms with Gasteiger partial charge in [-0.25, -0.2) is 12.8 Å². The molecule has 0 aliphatic carbocycles. The molecule has 7 heteroatoms. The van der Waals surface area contributed by atoms with Crippen molar-refractivity contribution in [3.05, 3.63) is 29.6 Å². The van der Waals surface area contributed by atoms with E-state index in [0.29, 0.717) is 6.54 Å². The summed E-state index contributed by atoms with van der Waals surface area (Å²) in [5, 5.41) is 9.02. The van der Waals surface area contributed by atoms with Crippen LogP contribution in [0.3, 0.4) is 0 Å². The van der Waals surface area contributed by atoms with Gasteiger partial charge in [-0.2, -0.15) is 9.57 Å². The Labute approximate surface area is 125 Å². The van der Waals surface area contributed by atoms with E-state index in [0.717, 1.165) is 6.07 Å². The lowest BCUT2D eigenvalue weighted by Crippen LogP contribution is -2.43. The Balaban J connectivity index is 3.33. The van der Waals surface area contributed by atoms with E-state index in [4.69, 9.17) is 5.26 Å². The molecule has 0 aliphatic rings. The molecule has 1 aromatic carbocycles. The number of nitriles is 1. The first-order chi connectivity index (χ1) is 9.75. The van der Waals surface area contributed by atoms with Gasteiger partial charge in [0.05, 0.1) is 0 Å². The second-order valence-corrected chi connectivity index (χ2v) is 6.90. The van der Waals surface area contributed by atoms with Crippen molar-refractivity contribution in [2.75, 3.05) is 27.2 Å². The smallest absolute Gasteiger partial charge is 0.244 e. The van der Waals surface area contributed by atoms with Gasteiger partial charge in [0, 0.05) is 19.1 Å². The van der Waals surface area contributed by atoms with Crippen LogP contribution in [0.1, 0.15) is 19.4 Å². The van der Waals surface area contributed by atoms with Crippen LogP contribution in [0.15, 0.2) is 23.1 Å². The standard InChI is InChI=1S/C14H20FN3O2S/c1-5-18(11(2)10-17(3)4)21(19,20)14-8-6-7-13(15)12(14)9-16/h6-8,11H,5,10H2,1-4H3. The maximum absolute atomic E-state index is 13.6. The highest BCUT2D eigenvalue weighted by molar-refractivity contribution is 7.89. The summed E-state index contributed by atoms with van der Waals surface area (Å²) in [6, 6.07) is 5.00. The van der Waals surface area contributed by atoms with Crippen molar-refractivity contribution >= 4 is 10.0 Å². The van der Waals surface area contributed by atoms with Gasteiger partial charge in [-0.05, 0) is 33.2 Å².